The normalized spacial score (nSPS) is 11.7. The Kier molecular flexibility index (Phi) is 8.84. The van der Waals surface area contributed by atoms with E-state index in [9.17, 15) is 19.5 Å². The van der Waals surface area contributed by atoms with Crippen LogP contribution in [0.15, 0.2) is 78.9 Å². The quantitative estimate of drug-likeness (QED) is 0.383. The molecule has 0 saturated heterocycles. The predicted octanol–water partition coefficient (Wildman–Crippen LogP) is 5.68. The lowest BCUT2D eigenvalue weighted by Crippen LogP contribution is -2.41. The van der Waals surface area contributed by atoms with Gasteiger partial charge >= 0.3 is 5.97 Å². The third kappa shape index (κ3) is 6.72. The summed E-state index contributed by atoms with van der Waals surface area (Å²) in [5.74, 6) is -1.67. The molecular weight excluding hydrogens is 456 g/mol. The standard InChI is InChI=1S/C29H32N2O5/c1-19(2)17-25(29(34)35)30-27(32)24-16-15-21(18-26(24)36-20(3)4)28(33)31(22-11-7-5-8-12-22)23-13-9-6-10-14-23/h5-16,18-20,25H,17H2,1-4H3,(H,30,32)(H,34,35). The number of nitrogens with one attached hydrogen (secondary N) is 1. The van der Waals surface area contributed by atoms with Gasteiger partial charge in [-0.1, -0.05) is 50.2 Å². The number of anilines is 2. The van der Waals surface area contributed by atoms with Crippen LogP contribution in [0, 0.1) is 5.92 Å². The number of carbonyl (C=O) groups excluding carboxylic acids is 2. The topological polar surface area (TPSA) is 95.9 Å². The third-order valence-corrected chi connectivity index (χ3v) is 5.38. The van der Waals surface area contributed by atoms with E-state index in [2.05, 4.69) is 5.32 Å². The first-order valence-corrected chi connectivity index (χ1v) is 12.0. The van der Waals surface area contributed by atoms with Crippen LogP contribution in [0.1, 0.15) is 54.8 Å². The Morgan fingerprint density at radius 2 is 1.42 bits per heavy atom. The number of rotatable bonds is 10. The molecule has 0 aliphatic rings. The Balaban J connectivity index is 1.99. The van der Waals surface area contributed by atoms with Gasteiger partial charge in [0.1, 0.15) is 11.8 Å². The van der Waals surface area contributed by atoms with Gasteiger partial charge in [-0.15, -0.1) is 0 Å². The first-order chi connectivity index (χ1) is 17.2. The van der Waals surface area contributed by atoms with E-state index in [1.54, 1.807) is 11.0 Å². The van der Waals surface area contributed by atoms with E-state index in [-0.39, 0.29) is 29.2 Å². The monoisotopic (exact) mass is 488 g/mol. The predicted molar refractivity (Wildman–Crippen MR) is 140 cm³/mol. The Morgan fingerprint density at radius 3 is 1.89 bits per heavy atom. The summed E-state index contributed by atoms with van der Waals surface area (Å²) >= 11 is 0. The van der Waals surface area contributed by atoms with Crippen LogP contribution in [0.2, 0.25) is 0 Å². The molecule has 1 atom stereocenters. The molecule has 0 saturated carbocycles. The molecule has 0 spiro atoms. The SMILES string of the molecule is CC(C)CC(NC(=O)c1ccc(C(=O)N(c2ccccc2)c2ccccc2)cc1OC(C)C)C(=O)O. The summed E-state index contributed by atoms with van der Waals surface area (Å²) in [5.41, 5.74) is 1.88. The number of carbonyl (C=O) groups is 3. The smallest absolute Gasteiger partial charge is 0.326 e. The van der Waals surface area contributed by atoms with Crippen LogP contribution in [0.4, 0.5) is 11.4 Å². The van der Waals surface area contributed by atoms with Crippen LogP contribution < -0.4 is 15.0 Å². The lowest BCUT2D eigenvalue weighted by Gasteiger charge is -2.24. The van der Waals surface area contributed by atoms with Gasteiger partial charge in [-0.3, -0.25) is 14.5 Å². The van der Waals surface area contributed by atoms with E-state index >= 15 is 0 Å². The number of amides is 2. The zero-order chi connectivity index (χ0) is 26.2. The minimum atomic E-state index is -1.10. The summed E-state index contributed by atoms with van der Waals surface area (Å²) in [4.78, 5) is 40.0. The first kappa shape index (κ1) is 26.5. The zero-order valence-electron chi connectivity index (χ0n) is 21.0. The van der Waals surface area contributed by atoms with Crippen LogP contribution in [0.25, 0.3) is 0 Å². The largest absolute Gasteiger partial charge is 0.490 e. The number of ether oxygens (including phenoxy) is 1. The highest BCUT2D eigenvalue weighted by molar-refractivity contribution is 6.11. The molecule has 0 aromatic heterocycles. The summed E-state index contributed by atoms with van der Waals surface area (Å²) < 4.78 is 5.89. The molecule has 0 aliphatic heterocycles. The Bertz CT molecular complexity index is 1150. The Morgan fingerprint density at radius 1 is 0.861 bits per heavy atom. The van der Waals surface area contributed by atoms with E-state index in [1.807, 2.05) is 88.4 Å². The number of para-hydroxylation sites is 2. The molecule has 2 N–H and O–H groups in total. The number of hydrogen-bond donors (Lipinski definition) is 2. The molecule has 3 rings (SSSR count). The molecule has 0 radical (unpaired) electrons. The highest BCUT2D eigenvalue weighted by Crippen LogP contribution is 2.29. The van der Waals surface area contributed by atoms with Crippen LogP contribution in [-0.2, 0) is 4.79 Å². The number of aliphatic carboxylic acids is 1. The van der Waals surface area contributed by atoms with Gasteiger partial charge in [-0.2, -0.15) is 0 Å². The fourth-order valence-electron chi connectivity index (χ4n) is 3.79. The summed E-state index contributed by atoms with van der Waals surface area (Å²) in [7, 11) is 0. The lowest BCUT2D eigenvalue weighted by atomic mass is 10.0. The number of benzene rings is 3. The second kappa shape index (κ2) is 12.0. The molecule has 36 heavy (non-hydrogen) atoms. The summed E-state index contributed by atoms with van der Waals surface area (Å²) in [6.07, 6.45) is 0.0217. The van der Waals surface area contributed by atoms with Crippen LogP contribution in [0.3, 0.4) is 0 Å². The van der Waals surface area contributed by atoms with Crippen LogP contribution in [-0.4, -0.2) is 35.0 Å². The van der Waals surface area contributed by atoms with Crippen LogP contribution >= 0.6 is 0 Å². The molecule has 0 aliphatic carbocycles. The summed E-state index contributed by atoms with van der Waals surface area (Å²) in [6.45, 7) is 7.41. The van der Waals surface area contributed by atoms with Crippen molar-refractivity contribution in [3.8, 4) is 5.75 Å². The second-order valence-electron chi connectivity index (χ2n) is 9.18. The molecule has 3 aromatic carbocycles. The van der Waals surface area contributed by atoms with E-state index in [0.717, 1.165) is 0 Å². The van der Waals surface area contributed by atoms with Gasteiger partial charge in [-0.05, 0) is 68.7 Å². The summed E-state index contributed by atoms with van der Waals surface area (Å²) in [5, 5.41) is 12.1. The summed E-state index contributed by atoms with van der Waals surface area (Å²) in [6, 6.07) is 22.1. The van der Waals surface area contributed by atoms with Crippen molar-refractivity contribution >= 4 is 29.2 Å². The van der Waals surface area contributed by atoms with E-state index in [4.69, 9.17) is 4.74 Å². The molecule has 0 heterocycles. The average Bonchev–Trinajstić information content (AvgIpc) is 2.84. The maximum absolute atomic E-state index is 13.7. The first-order valence-electron chi connectivity index (χ1n) is 12.0. The van der Waals surface area contributed by atoms with Crippen LogP contribution in [0.5, 0.6) is 5.75 Å². The molecule has 7 heteroatoms. The number of hydrogen-bond acceptors (Lipinski definition) is 4. The number of nitrogens with zero attached hydrogens (tertiary/aromatic N) is 1. The minimum Gasteiger partial charge on any atom is -0.490 e. The molecule has 3 aromatic rings. The highest BCUT2D eigenvalue weighted by atomic mass is 16.5. The number of carboxylic acids is 1. The average molecular weight is 489 g/mol. The maximum Gasteiger partial charge on any atom is 0.326 e. The van der Waals surface area contributed by atoms with Gasteiger partial charge in [0, 0.05) is 16.9 Å². The van der Waals surface area contributed by atoms with Crippen molar-refractivity contribution in [1.29, 1.82) is 0 Å². The third-order valence-electron chi connectivity index (χ3n) is 5.38. The van der Waals surface area contributed by atoms with Gasteiger partial charge in [0.25, 0.3) is 11.8 Å². The van der Waals surface area contributed by atoms with Gasteiger partial charge < -0.3 is 15.2 Å². The van der Waals surface area contributed by atoms with Gasteiger partial charge in [0.15, 0.2) is 0 Å². The maximum atomic E-state index is 13.7. The molecule has 0 fully saturated rings. The van der Waals surface area contributed by atoms with Crippen molar-refractivity contribution < 1.29 is 24.2 Å². The molecule has 2 amide bonds. The second-order valence-corrected chi connectivity index (χ2v) is 9.18. The van der Waals surface area contributed by atoms with Crippen molar-refractivity contribution in [2.45, 2.75) is 46.3 Å². The molecule has 188 valence electrons. The Labute approximate surface area is 211 Å². The van der Waals surface area contributed by atoms with Crippen molar-refractivity contribution in [3.63, 3.8) is 0 Å². The van der Waals surface area contributed by atoms with Crippen molar-refractivity contribution in [2.24, 2.45) is 5.92 Å². The van der Waals surface area contributed by atoms with E-state index in [0.29, 0.717) is 23.4 Å². The van der Waals surface area contributed by atoms with Crippen molar-refractivity contribution in [3.05, 3.63) is 90.0 Å². The molecule has 0 bridgehead atoms. The van der Waals surface area contributed by atoms with Crippen molar-refractivity contribution in [1.82, 2.24) is 5.32 Å². The van der Waals surface area contributed by atoms with E-state index < -0.39 is 17.9 Å². The van der Waals surface area contributed by atoms with E-state index in [1.165, 1.54) is 12.1 Å². The lowest BCUT2D eigenvalue weighted by molar-refractivity contribution is -0.139. The fourth-order valence-corrected chi connectivity index (χ4v) is 3.79. The van der Waals surface area contributed by atoms with Gasteiger partial charge in [-0.25, -0.2) is 4.79 Å². The zero-order valence-corrected chi connectivity index (χ0v) is 21.0. The van der Waals surface area contributed by atoms with Gasteiger partial charge in [0.2, 0.25) is 0 Å². The molecular formula is C29H32N2O5. The highest BCUT2D eigenvalue weighted by Gasteiger charge is 2.26. The molecule has 1 unspecified atom stereocenters. The minimum absolute atomic E-state index is 0.0831. The van der Waals surface area contributed by atoms with Gasteiger partial charge in [0.05, 0.1) is 11.7 Å². The molecule has 7 nitrogen and oxygen atoms in total. The number of carboxylic acid groups (broad SMARTS) is 1. The fraction of sp³-hybridized carbons (Fsp3) is 0.276. The Hall–Kier alpha value is -4.13. The van der Waals surface area contributed by atoms with Crippen molar-refractivity contribution in [2.75, 3.05) is 4.90 Å².